The Balaban J connectivity index is 2.24. The monoisotopic (exact) mass is 435 g/mol. The third kappa shape index (κ3) is 3.02. The van der Waals surface area contributed by atoms with Gasteiger partial charge in [-0.3, -0.25) is 9.48 Å². The fourth-order valence-corrected chi connectivity index (χ4v) is 3.09. The first-order valence-electron chi connectivity index (χ1n) is 4.93. The van der Waals surface area contributed by atoms with Crippen molar-refractivity contribution in [3.63, 3.8) is 0 Å². The van der Waals surface area contributed by atoms with Crippen molar-refractivity contribution in [2.24, 2.45) is 7.05 Å². The van der Waals surface area contributed by atoms with Crippen molar-refractivity contribution in [1.82, 2.24) is 9.78 Å². The number of aryl methyl sites for hydroxylation is 1. The molecule has 1 N–H and O–H groups in total. The summed E-state index contributed by atoms with van der Waals surface area (Å²) in [6, 6.07) is 5.53. The van der Waals surface area contributed by atoms with Gasteiger partial charge in [0.15, 0.2) is 5.69 Å². The molecule has 2 rings (SSSR count). The van der Waals surface area contributed by atoms with E-state index in [9.17, 15) is 4.79 Å². The number of benzene rings is 1. The highest BCUT2D eigenvalue weighted by molar-refractivity contribution is 9.11. The molecule has 0 saturated heterocycles. The second kappa shape index (κ2) is 5.54. The molecule has 1 aromatic carbocycles. The second-order valence-corrected chi connectivity index (χ2v) is 6.20. The third-order valence-corrected chi connectivity index (χ3v) is 3.91. The molecule has 0 fully saturated rings. The topological polar surface area (TPSA) is 46.9 Å². The smallest absolute Gasteiger partial charge is 0.277 e. The van der Waals surface area contributed by atoms with E-state index >= 15 is 0 Å². The highest BCUT2D eigenvalue weighted by atomic mass is 79.9. The number of hydrogen-bond acceptors (Lipinski definition) is 2. The van der Waals surface area contributed by atoms with E-state index in [4.69, 9.17) is 0 Å². The van der Waals surface area contributed by atoms with E-state index in [0.29, 0.717) is 15.9 Å². The van der Waals surface area contributed by atoms with Crippen LogP contribution in [-0.2, 0) is 7.05 Å². The molecule has 7 heteroatoms. The normalized spacial score (nSPS) is 10.4. The quantitative estimate of drug-likeness (QED) is 0.773. The largest absolute Gasteiger partial charge is 0.320 e. The second-order valence-electron chi connectivity index (χ2n) is 3.58. The van der Waals surface area contributed by atoms with Crippen LogP contribution < -0.4 is 5.32 Å². The lowest BCUT2D eigenvalue weighted by atomic mass is 10.3. The molecular formula is C11H8Br3N3O. The SMILES string of the molecule is Cn1cc(Br)c(C(=O)Nc2ccc(Br)cc2Br)n1. The molecule has 0 unspecified atom stereocenters. The Hall–Kier alpha value is -0.660. The first kappa shape index (κ1) is 13.8. The van der Waals surface area contributed by atoms with Crippen molar-refractivity contribution in [2.75, 3.05) is 5.32 Å². The van der Waals surface area contributed by atoms with Crippen molar-refractivity contribution in [3.8, 4) is 0 Å². The summed E-state index contributed by atoms with van der Waals surface area (Å²) in [7, 11) is 1.76. The minimum atomic E-state index is -0.259. The minimum absolute atomic E-state index is 0.259. The zero-order valence-corrected chi connectivity index (χ0v) is 14.0. The number of rotatable bonds is 2. The van der Waals surface area contributed by atoms with Crippen LogP contribution in [0, 0.1) is 0 Å². The summed E-state index contributed by atoms with van der Waals surface area (Å²) in [5.41, 5.74) is 1.05. The number of carbonyl (C=O) groups is 1. The number of nitrogens with zero attached hydrogens (tertiary/aromatic N) is 2. The Morgan fingerprint density at radius 3 is 2.56 bits per heavy atom. The van der Waals surface area contributed by atoms with Gasteiger partial charge in [-0.05, 0) is 50.1 Å². The Labute approximate surface area is 129 Å². The van der Waals surface area contributed by atoms with Gasteiger partial charge in [0.25, 0.3) is 5.91 Å². The summed E-state index contributed by atoms with van der Waals surface area (Å²) in [6.45, 7) is 0. The van der Waals surface area contributed by atoms with Gasteiger partial charge in [-0.2, -0.15) is 5.10 Å². The van der Waals surface area contributed by atoms with Crippen molar-refractivity contribution in [1.29, 1.82) is 0 Å². The Morgan fingerprint density at radius 2 is 2.00 bits per heavy atom. The summed E-state index contributed by atoms with van der Waals surface area (Å²) < 4.78 is 3.98. The number of carbonyl (C=O) groups excluding carboxylic acids is 1. The van der Waals surface area contributed by atoms with E-state index in [-0.39, 0.29) is 5.91 Å². The molecule has 0 saturated carbocycles. The number of anilines is 1. The van der Waals surface area contributed by atoms with Gasteiger partial charge in [-0.15, -0.1) is 0 Å². The van der Waals surface area contributed by atoms with Crippen LogP contribution >= 0.6 is 47.8 Å². The molecule has 18 heavy (non-hydrogen) atoms. The molecular weight excluding hydrogens is 430 g/mol. The van der Waals surface area contributed by atoms with E-state index in [0.717, 1.165) is 8.95 Å². The maximum Gasteiger partial charge on any atom is 0.277 e. The number of amides is 1. The van der Waals surface area contributed by atoms with Crippen LogP contribution in [0.4, 0.5) is 5.69 Å². The van der Waals surface area contributed by atoms with E-state index in [1.54, 1.807) is 17.9 Å². The van der Waals surface area contributed by atoms with Crippen LogP contribution in [0.5, 0.6) is 0 Å². The number of halogens is 3. The molecule has 1 heterocycles. The Bertz CT molecular complexity index is 610. The van der Waals surface area contributed by atoms with Gasteiger partial charge in [0.1, 0.15) is 0 Å². The van der Waals surface area contributed by atoms with Gasteiger partial charge in [0.2, 0.25) is 0 Å². The summed E-state index contributed by atoms with van der Waals surface area (Å²) in [5.74, 6) is -0.259. The zero-order valence-electron chi connectivity index (χ0n) is 9.25. The third-order valence-electron chi connectivity index (χ3n) is 2.18. The molecule has 0 aliphatic heterocycles. The first-order valence-corrected chi connectivity index (χ1v) is 7.31. The van der Waals surface area contributed by atoms with Gasteiger partial charge < -0.3 is 5.32 Å². The number of nitrogens with one attached hydrogen (secondary N) is 1. The molecule has 0 bridgehead atoms. The van der Waals surface area contributed by atoms with Gasteiger partial charge >= 0.3 is 0 Å². The van der Waals surface area contributed by atoms with Gasteiger partial charge in [-0.25, -0.2) is 0 Å². The fraction of sp³-hybridized carbons (Fsp3) is 0.0909. The summed E-state index contributed by atoms with van der Waals surface area (Å²) in [5, 5.41) is 6.88. The molecule has 0 spiro atoms. The highest BCUT2D eigenvalue weighted by Crippen LogP contribution is 2.27. The lowest BCUT2D eigenvalue weighted by Crippen LogP contribution is -2.14. The molecule has 1 amide bonds. The van der Waals surface area contributed by atoms with Crippen LogP contribution in [0.2, 0.25) is 0 Å². The molecule has 0 atom stereocenters. The van der Waals surface area contributed by atoms with E-state index in [1.807, 2.05) is 18.2 Å². The molecule has 0 aliphatic carbocycles. The van der Waals surface area contributed by atoms with Crippen molar-refractivity contribution in [3.05, 3.63) is 43.5 Å². The molecule has 0 radical (unpaired) electrons. The molecule has 2 aromatic rings. The summed E-state index contributed by atoms with van der Waals surface area (Å²) in [6.07, 6.45) is 1.73. The van der Waals surface area contributed by atoms with Gasteiger partial charge in [-0.1, -0.05) is 15.9 Å². The maximum atomic E-state index is 12.0. The van der Waals surface area contributed by atoms with Crippen LogP contribution in [0.3, 0.4) is 0 Å². The first-order chi connectivity index (χ1) is 8.47. The lowest BCUT2D eigenvalue weighted by molar-refractivity contribution is 0.102. The van der Waals surface area contributed by atoms with Crippen LogP contribution in [0.1, 0.15) is 10.5 Å². The lowest BCUT2D eigenvalue weighted by Gasteiger charge is -2.06. The molecule has 0 aliphatic rings. The Morgan fingerprint density at radius 1 is 1.28 bits per heavy atom. The number of aromatic nitrogens is 2. The highest BCUT2D eigenvalue weighted by Gasteiger charge is 2.15. The van der Waals surface area contributed by atoms with Gasteiger partial charge in [0, 0.05) is 22.2 Å². The molecule has 94 valence electrons. The average molecular weight is 438 g/mol. The van der Waals surface area contributed by atoms with E-state index < -0.39 is 0 Å². The summed E-state index contributed by atoms with van der Waals surface area (Å²) in [4.78, 5) is 12.0. The summed E-state index contributed by atoms with van der Waals surface area (Å²) >= 11 is 10.0. The van der Waals surface area contributed by atoms with Crippen molar-refractivity contribution in [2.45, 2.75) is 0 Å². The van der Waals surface area contributed by atoms with Crippen LogP contribution in [0.15, 0.2) is 37.8 Å². The molecule has 4 nitrogen and oxygen atoms in total. The fourth-order valence-electron chi connectivity index (χ4n) is 1.39. The van der Waals surface area contributed by atoms with Crippen molar-refractivity contribution < 1.29 is 4.79 Å². The maximum absolute atomic E-state index is 12.0. The zero-order chi connectivity index (χ0) is 13.3. The van der Waals surface area contributed by atoms with Crippen LogP contribution in [-0.4, -0.2) is 15.7 Å². The average Bonchev–Trinajstić information content (AvgIpc) is 2.62. The van der Waals surface area contributed by atoms with E-state index in [1.165, 1.54) is 0 Å². The number of hydrogen-bond donors (Lipinski definition) is 1. The van der Waals surface area contributed by atoms with Crippen LogP contribution in [0.25, 0.3) is 0 Å². The van der Waals surface area contributed by atoms with Crippen molar-refractivity contribution >= 4 is 59.4 Å². The standard InChI is InChI=1S/C11H8Br3N3O/c1-17-5-8(14)10(16-17)11(18)15-9-3-2-6(12)4-7(9)13/h2-5H,1H3,(H,15,18). The predicted octanol–water partition coefficient (Wildman–Crippen LogP) is 3.96. The minimum Gasteiger partial charge on any atom is -0.320 e. The van der Waals surface area contributed by atoms with E-state index in [2.05, 4.69) is 58.2 Å². The predicted molar refractivity (Wildman–Crippen MR) is 80.7 cm³/mol. The van der Waals surface area contributed by atoms with Gasteiger partial charge in [0.05, 0.1) is 10.2 Å². The molecule has 1 aromatic heterocycles. The Kier molecular flexibility index (Phi) is 4.24.